The van der Waals surface area contributed by atoms with Crippen molar-refractivity contribution in [1.29, 1.82) is 0 Å². The van der Waals surface area contributed by atoms with Crippen LogP contribution in [0.25, 0.3) is 11.0 Å². The number of nitrogens with zero attached hydrogens (tertiary/aromatic N) is 4. The first kappa shape index (κ1) is 17.1. The lowest BCUT2D eigenvalue weighted by molar-refractivity contribution is 0.0899. The average molecular weight is 369 g/mol. The van der Waals surface area contributed by atoms with Gasteiger partial charge in [0.25, 0.3) is 5.91 Å². The Balaban J connectivity index is 1.74. The highest BCUT2D eigenvalue weighted by molar-refractivity contribution is 7.09. The van der Waals surface area contributed by atoms with E-state index in [4.69, 9.17) is 0 Å². The van der Waals surface area contributed by atoms with Crippen molar-refractivity contribution in [2.75, 3.05) is 0 Å². The Bertz CT molecular complexity index is 938. The third-order valence-electron chi connectivity index (χ3n) is 5.08. The minimum absolute atomic E-state index is 0.0686. The summed E-state index contributed by atoms with van der Waals surface area (Å²) in [4.78, 5) is 22.4. The van der Waals surface area contributed by atoms with Crippen molar-refractivity contribution >= 4 is 28.3 Å². The molecule has 7 heteroatoms. The Morgan fingerprint density at radius 3 is 2.77 bits per heavy atom. The van der Waals surface area contributed by atoms with E-state index < -0.39 is 0 Å². The predicted molar refractivity (Wildman–Crippen MR) is 102 cm³/mol. The quantitative estimate of drug-likeness (QED) is 0.755. The van der Waals surface area contributed by atoms with Crippen LogP contribution < -0.4 is 5.32 Å². The molecule has 3 heterocycles. The van der Waals surface area contributed by atoms with Gasteiger partial charge in [0.05, 0.1) is 22.7 Å². The average Bonchev–Trinajstić information content (AvgIpc) is 3.34. The van der Waals surface area contributed by atoms with Crippen molar-refractivity contribution in [3.63, 3.8) is 0 Å². The number of aryl methyl sites for hydroxylation is 1. The van der Waals surface area contributed by atoms with Gasteiger partial charge in [-0.3, -0.25) is 4.79 Å². The lowest BCUT2D eigenvalue weighted by Gasteiger charge is -2.28. The maximum absolute atomic E-state index is 13.2. The van der Waals surface area contributed by atoms with E-state index in [1.807, 2.05) is 29.2 Å². The molecular formula is C19H23N5OS. The number of carbonyl (C=O) groups excluding carboxylic acids is 1. The fourth-order valence-corrected chi connectivity index (χ4v) is 4.68. The van der Waals surface area contributed by atoms with Crippen molar-refractivity contribution in [2.45, 2.75) is 58.0 Å². The molecule has 1 fully saturated rings. The van der Waals surface area contributed by atoms with Crippen molar-refractivity contribution in [2.24, 2.45) is 0 Å². The van der Waals surface area contributed by atoms with Crippen LogP contribution in [0.15, 0.2) is 23.8 Å². The van der Waals surface area contributed by atoms with E-state index in [0.717, 1.165) is 47.4 Å². The standard InChI is InChI=1S/C19H23N5OS/c1-12(2)24-16-15(11-21-24)14(10-13(3)22-16)17(25)23-19(6-4-5-7-19)18-20-8-9-26-18/h8-12H,4-7H2,1-3H3,(H,23,25). The molecule has 0 aromatic carbocycles. The van der Waals surface area contributed by atoms with Gasteiger partial charge in [-0.15, -0.1) is 11.3 Å². The van der Waals surface area contributed by atoms with E-state index in [0.29, 0.717) is 5.56 Å². The van der Waals surface area contributed by atoms with Crippen LogP contribution in [0.2, 0.25) is 0 Å². The molecule has 0 radical (unpaired) electrons. The molecule has 4 rings (SSSR count). The molecule has 3 aromatic heterocycles. The monoisotopic (exact) mass is 369 g/mol. The minimum Gasteiger partial charge on any atom is -0.340 e. The van der Waals surface area contributed by atoms with Crippen molar-refractivity contribution in [3.8, 4) is 0 Å². The summed E-state index contributed by atoms with van der Waals surface area (Å²) in [5.74, 6) is -0.0686. The molecule has 0 saturated heterocycles. The van der Waals surface area contributed by atoms with Crippen LogP contribution in [0.5, 0.6) is 0 Å². The van der Waals surface area contributed by atoms with Crippen LogP contribution in [0, 0.1) is 6.92 Å². The van der Waals surface area contributed by atoms with Gasteiger partial charge in [-0.2, -0.15) is 5.10 Å². The zero-order valence-corrected chi connectivity index (χ0v) is 16.1. The van der Waals surface area contributed by atoms with Gasteiger partial charge >= 0.3 is 0 Å². The largest absolute Gasteiger partial charge is 0.340 e. The van der Waals surface area contributed by atoms with Crippen molar-refractivity contribution < 1.29 is 4.79 Å². The maximum Gasteiger partial charge on any atom is 0.252 e. The van der Waals surface area contributed by atoms with E-state index in [-0.39, 0.29) is 17.5 Å². The zero-order valence-electron chi connectivity index (χ0n) is 15.3. The number of hydrogen-bond donors (Lipinski definition) is 1. The topological polar surface area (TPSA) is 72.7 Å². The summed E-state index contributed by atoms with van der Waals surface area (Å²) < 4.78 is 1.87. The number of hydrogen-bond acceptors (Lipinski definition) is 5. The first-order valence-electron chi connectivity index (χ1n) is 9.07. The summed E-state index contributed by atoms with van der Waals surface area (Å²) in [6.45, 7) is 6.04. The summed E-state index contributed by atoms with van der Waals surface area (Å²) >= 11 is 1.62. The molecule has 1 aliphatic carbocycles. The van der Waals surface area contributed by atoms with E-state index in [9.17, 15) is 4.79 Å². The number of fused-ring (bicyclic) bond motifs is 1. The highest BCUT2D eigenvalue weighted by Gasteiger charge is 2.39. The summed E-state index contributed by atoms with van der Waals surface area (Å²) in [6.07, 6.45) is 7.65. The third kappa shape index (κ3) is 2.80. The molecular weight excluding hydrogens is 346 g/mol. The minimum atomic E-state index is -0.344. The second-order valence-corrected chi connectivity index (χ2v) is 8.21. The zero-order chi connectivity index (χ0) is 18.3. The molecule has 0 atom stereocenters. The van der Waals surface area contributed by atoms with Gasteiger partial charge in [0.15, 0.2) is 5.65 Å². The summed E-state index contributed by atoms with van der Waals surface area (Å²) in [5.41, 5.74) is 1.88. The Kier molecular flexibility index (Phi) is 4.26. The SMILES string of the molecule is Cc1cc(C(=O)NC2(c3nccs3)CCCC2)c2cnn(C(C)C)c2n1. The number of amides is 1. The summed E-state index contributed by atoms with van der Waals surface area (Å²) in [6, 6.07) is 2.04. The second kappa shape index (κ2) is 6.46. The third-order valence-corrected chi connectivity index (χ3v) is 6.06. The molecule has 1 saturated carbocycles. The van der Waals surface area contributed by atoms with Crippen molar-refractivity contribution in [1.82, 2.24) is 25.1 Å². The number of pyridine rings is 1. The van der Waals surface area contributed by atoms with Crippen LogP contribution >= 0.6 is 11.3 Å². The Morgan fingerprint density at radius 2 is 2.12 bits per heavy atom. The van der Waals surface area contributed by atoms with E-state index in [1.54, 1.807) is 17.5 Å². The predicted octanol–water partition coefficient (Wildman–Crippen LogP) is 3.98. The fraction of sp³-hybridized carbons (Fsp3) is 0.474. The van der Waals surface area contributed by atoms with Gasteiger partial charge in [-0.1, -0.05) is 12.8 Å². The second-order valence-electron chi connectivity index (χ2n) is 7.31. The van der Waals surface area contributed by atoms with E-state index >= 15 is 0 Å². The van der Waals surface area contributed by atoms with Crippen LogP contribution in [0.1, 0.15) is 66.6 Å². The molecule has 0 unspecified atom stereocenters. The molecule has 136 valence electrons. The summed E-state index contributed by atoms with van der Waals surface area (Å²) in [7, 11) is 0. The molecule has 6 nitrogen and oxygen atoms in total. The number of aromatic nitrogens is 4. The Morgan fingerprint density at radius 1 is 1.35 bits per heavy atom. The first-order valence-corrected chi connectivity index (χ1v) is 9.95. The number of carbonyl (C=O) groups is 1. The molecule has 0 spiro atoms. The van der Waals surface area contributed by atoms with Crippen LogP contribution in [-0.4, -0.2) is 25.7 Å². The van der Waals surface area contributed by atoms with E-state index in [1.165, 1.54) is 0 Å². The lowest BCUT2D eigenvalue weighted by Crippen LogP contribution is -2.43. The molecule has 1 N–H and O–H groups in total. The summed E-state index contributed by atoms with van der Waals surface area (Å²) in [5, 5.41) is 11.5. The Hall–Kier alpha value is -2.28. The van der Waals surface area contributed by atoms with Gasteiger partial charge in [0.1, 0.15) is 5.01 Å². The molecule has 1 aliphatic rings. The smallest absolute Gasteiger partial charge is 0.252 e. The van der Waals surface area contributed by atoms with Crippen molar-refractivity contribution in [3.05, 3.63) is 40.1 Å². The van der Waals surface area contributed by atoms with Crippen LogP contribution in [0.4, 0.5) is 0 Å². The molecule has 0 bridgehead atoms. The molecule has 26 heavy (non-hydrogen) atoms. The highest BCUT2D eigenvalue weighted by Crippen LogP contribution is 2.40. The van der Waals surface area contributed by atoms with Gasteiger partial charge in [-0.25, -0.2) is 14.6 Å². The molecule has 0 aliphatic heterocycles. The van der Waals surface area contributed by atoms with Gasteiger partial charge in [0.2, 0.25) is 0 Å². The van der Waals surface area contributed by atoms with E-state index in [2.05, 4.69) is 34.2 Å². The maximum atomic E-state index is 13.2. The number of nitrogens with one attached hydrogen (secondary N) is 1. The highest BCUT2D eigenvalue weighted by atomic mass is 32.1. The first-order chi connectivity index (χ1) is 12.5. The lowest BCUT2D eigenvalue weighted by atomic mass is 9.97. The van der Waals surface area contributed by atoms with Gasteiger partial charge in [-0.05, 0) is 39.7 Å². The van der Waals surface area contributed by atoms with Gasteiger partial charge in [0, 0.05) is 23.3 Å². The number of rotatable bonds is 4. The normalized spacial score (nSPS) is 16.5. The number of thiazole rings is 1. The fourth-order valence-electron chi connectivity index (χ4n) is 3.82. The van der Waals surface area contributed by atoms with Gasteiger partial charge < -0.3 is 5.32 Å². The van der Waals surface area contributed by atoms with Crippen LogP contribution in [-0.2, 0) is 5.54 Å². The van der Waals surface area contributed by atoms with Crippen LogP contribution in [0.3, 0.4) is 0 Å². The molecule has 1 amide bonds. The molecule has 3 aromatic rings. The Labute approximate surface area is 156 Å².